The fraction of sp³-hybridized carbons (Fsp3) is 0.143. The van der Waals surface area contributed by atoms with E-state index in [1.165, 1.54) is 23.3 Å². The Morgan fingerprint density at radius 3 is 2.12 bits per heavy atom. The molecule has 5 heteroatoms. The Morgan fingerprint density at radius 1 is 0.909 bits per heavy atom. The molecule has 0 aliphatic heterocycles. The maximum atomic E-state index is 13.3. The average Bonchev–Trinajstić information content (AvgIpc) is 3.32. The van der Waals surface area contributed by atoms with Gasteiger partial charge in [-0.2, -0.15) is 0 Å². The predicted molar refractivity (Wildman–Crippen MR) is 132 cm³/mol. The second kappa shape index (κ2) is 11.0. The molecule has 0 unspecified atom stereocenters. The summed E-state index contributed by atoms with van der Waals surface area (Å²) in [5, 5.41) is 4.44. The van der Waals surface area contributed by atoms with E-state index in [9.17, 15) is 4.39 Å². The van der Waals surface area contributed by atoms with E-state index in [-0.39, 0.29) is 11.7 Å². The summed E-state index contributed by atoms with van der Waals surface area (Å²) in [6.45, 7) is 5.10. The number of nitrogens with zero attached hydrogens (tertiary/aromatic N) is 4. The van der Waals surface area contributed by atoms with Gasteiger partial charge in [-0.3, -0.25) is 0 Å². The average molecular weight is 439 g/mol. The van der Waals surface area contributed by atoms with Crippen molar-refractivity contribution in [3.05, 3.63) is 132 Å². The molecule has 0 amide bonds. The van der Waals surface area contributed by atoms with Gasteiger partial charge in [0.15, 0.2) is 5.82 Å². The van der Waals surface area contributed by atoms with Gasteiger partial charge in [0.2, 0.25) is 0 Å². The molecule has 0 radical (unpaired) electrons. The molecule has 4 nitrogen and oxygen atoms in total. The number of benzene rings is 3. The van der Waals surface area contributed by atoms with Gasteiger partial charge in [0.05, 0.1) is 6.54 Å². The van der Waals surface area contributed by atoms with Gasteiger partial charge in [0.1, 0.15) is 12.1 Å². The highest BCUT2D eigenvalue weighted by Crippen LogP contribution is 2.28. The van der Waals surface area contributed by atoms with E-state index in [0.717, 1.165) is 24.4 Å². The molecular weight excluding hydrogens is 411 g/mol. The summed E-state index contributed by atoms with van der Waals surface area (Å²) >= 11 is 0. The van der Waals surface area contributed by atoms with E-state index in [4.69, 9.17) is 0 Å². The van der Waals surface area contributed by atoms with Gasteiger partial charge >= 0.3 is 0 Å². The molecule has 0 saturated heterocycles. The molecule has 0 atom stereocenters. The monoisotopic (exact) mass is 438 g/mol. The lowest BCUT2D eigenvalue weighted by Crippen LogP contribution is -2.21. The summed E-state index contributed by atoms with van der Waals surface area (Å²) < 4.78 is 14.9. The van der Waals surface area contributed by atoms with Crippen LogP contribution in [-0.2, 0) is 6.54 Å². The van der Waals surface area contributed by atoms with Crippen LogP contribution in [0, 0.1) is 5.82 Å². The van der Waals surface area contributed by atoms with Gasteiger partial charge in [-0.15, -0.1) is 5.10 Å². The standard InChI is InChI=1S/C28H27FN4/c1-2-33-22-30-28(31-33)21-32(19-17-23-13-15-26(29)16-14-23)20-18-27(24-9-5-3-6-10-24)25-11-7-4-8-12-25/h2-17,19,22,27H,1,18,20-21H2/b19-17+. The van der Waals surface area contributed by atoms with Crippen LogP contribution in [0.4, 0.5) is 4.39 Å². The second-order valence-corrected chi connectivity index (χ2v) is 7.82. The highest BCUT2D eigenvalue weighted by atomic mass is 19.1. The minimum atomic E-state index is -0.239. The summed E-state index contributed by atoms with van der Waals surface area (Å²) in [6.07, 6.45) is 8.22. The van der Waals surface area contributed by atoms with Crippen LogP contribution in [0.5, 0.6) is 0 Å². The summed E-state index contributed by atoms with van der Waals surface area (Å²) in [5.41, 5.74) is 3.52. The van der Waals surface area contributed by atoms with Crippen molar-refractivity contribution in [2.24, 2.45) is 0 Å². The maximum absolute atomic E-state index is 13.3. The fourth-order valence-corrected chi connectivity index (χ4v) is 3.82. The van der Waals surface area contributed by atoms with E-state index < -0.39 is 0 Å². The van der Waals surface area contributed by atoms with Gasteiger partial charge in [-0.05, 0) is 41.3 Å². The summed E-state index contributed by atoms with van der Waals surface area (Å²) in [7, 11) is 0. The van der Waals surface area contributed by atoms with Crippen molar-refractivity contribution in [1.29, 1.82) is 0 Å². The lowest BCUT2D eigenvalue weighted by atomic mass is 9.88. The first kappa shape index (κ1) is 22.2. The van der Waals surface area contributed by atoms with Crippen LogP contribution >= 0.6 is 0 Å². The van der Waals surface area contributed by atoms with Gasteiger partial charge in [0.25, 0.3) is 0 Å². The van der Waals surface area contributed by atoms with Gasteiger partial charge in [-0.25, -0.2) is 14.1 Å². The van der Waals surface area contributed by atoms with E-state index in [1.807, 2.05) is 24.4 Å². The number of rotatable bonds is 10. The smallest absolute Gasteiger partial charge is 0.170 e. The Hall–Kier alpha value is -3.99. The van der Waals surface area contributed by atoms with E-state index in [0.29, 0.717) is 6.54 Å². The molecule has 33 heavy (non-hydrogen) atoms. The van der Waals surface area contributed by atoms with Crippen molar-refractivity contribution in [2.45, 2.75) is 18.9 Å². The van der Waals surface area contributed by atoms with Crippen molar-refractivity contribution < 1.29 is 4.39 Å². The first-order valence-electron chi connectivity index (χ1n) is 11.0. The van der Waals surface area contributed by atoms with Crippen LogP contribution in [0.15, 0.2) is 104 Å². The Kier molecular flexibility index (Phi) is 7.44. The molecule has 0 fully saturated rings. The molecule has 0 aliphatic carbocycles. The normalized spacial score (nSPS) is 11.2. The quantitative estimate of drug-likeness (QED) is 0.295. The molecule has 4 aromatic rings. The van der Waals surface area contributed by atoms with E-state index in [2.05, 4.69) is 70.1 Å². The molecule has 1 heterocycles. The van der Waals surface area contributed by atoms with Crippen LogP contribution in [-0.4, -0.2) is 26.2 Å². The second-order valence-electron chi connectivity index (χ2n) is 7.82. The highest BCUT2D eigenvalue weighted by molar-refractivity contribution is 5.48. The summed E-state index contributed by atoms with van der Waals surface area (Å²) in [5.74, 6) is 0.749. The lowest BCUT2D eigenvalue weighted by Gasteiger charge is -2.24. The number of hydrogen-bond donors (Lipinski definition) is 0. The Labute approximate surface area is 194 Å². The zero-order valence-corrected chi connectivity index (χ0v) is 18.5. The predicted octanol–water partition coefficient (Wildman–Crippen LogP) is 6.21. The third-order valence-electron chi connectivity index (χ3n) is 5.54. The van der Waals surface area contributed by atoms with Crippen molar-refractivity contribution in [3.8, 4) is 0 Å². The zero-order chi connectivity index (χ0) is 22.9. The number of halogens is 1. The van der Waals surface area contributed by atoms with Crippen molar-refractivity contribution in [3.63, 3.8) is 0 Å². The van der Waals surface area contributed by atoms with E-state index in [1.54, 1.807) is 29.3 Å². The molecule has 4 rings (SSSR count). The largest absolute Gasteiger partial charge is 0.370 e. The SMILES string of the molecule is C=Cn1cnc(CN(/C=C/c2ccc(F)cc2)CCC(c2ccccc2)c2ccccc2)n1. The van der Waals surface area contributed by atoms with Crippen molar-refractivity contribution in [2.75, 3.05) is 6.54 Å². The van der Waals surface area contributed by atoms with Crippen LogP contribution in [0.1, 0.15) is 34.9 Å². The van der Waals surface area contributed by atoms with Gasteiger partial charge in [0, 0.05) is 24.9 Å². The zero-order valence-electron chi connectivity index (χ0n) is 18.5. The molecule has 0 spiro atoms. The molecule has 0 aliphatic rings. The Bertz CT molecular complexity index is 1130. The molecule has 3 aromatic carbocycles. The molecule has 0 saturated carbocycles. The minimum Gasteiger partial charge on any atom is -0.370 e. The molecule has 0 bridgehead atoms. The van der Waals surface area contributed by atoms with Crippen LogP contribution in [0.3, 0.4) is 0 Å². The van der Waals surface area contributed by atoms with Crippen molar-refractivity contribution in [1.82, 2.24) is 19.7 Å². The summed E-state index contributed by atoms with van der Waals surface area (Å²) in [4.78, 5) is 6.59. The number of hydrogen-bond acceptors (Lipinski definition) is 3. The fourth-order valence-electron chi connectivity index (χ4n) is 3.82. The van der Waals surface area contributed by atoms with Gasteiger partial charge < -0.3 is 4.90 Å². The highest BCUT2D eigenvalue weighted by Gasteiger charge is 2.16. The van der Waals surface area contributed by atoms with Crippen LogP contribution < -0.4 is 0 Å². The topological polar surface area (TPSA) is 34.0 Å². The summed E-state index contributed by atoms with van der Waals surface area (Å²) in [6, 6.07) is 27.7. The molecular formula is C28H27FN4. The Balaban J connectivity index is 1.55. The minimum absolute atomic E-state index is 0.239. The number of aromatic nitrogens is 3. The van der Waals surface area contributed by atoms with Crippen LogP contribution in [0.2, 0.25) is 0 Å². The first-order valence-corrected chi connectivity index (χ1v) is 11.0. The third-order valence-corrected chi connectivity index (χ3v) is 5.54. The van der Waals surface area contributed by atoms with Crippen LogP contribution in [0.25, 0.3) is 12.3 Å². The molecule has 1 aromatic heterocycles. The maximum Gasteiger partial charge on any atom is 0.170 e. The molecule has 0 N–H and O–H groups in total. The molecule has 166 valence electrons. The first-order chi connectivity index (χ1) is 16.2. The lowest BCUT2D eigenvalue weighted by molar-refractivity contribution is 0.348. The van der Waals surface area contributed by atoms with Crippen molar-refractivity contribution >= 4 is 12.3 Å². The van der Waals surface area contributed by atoms with Gasteiger partial charge in [-0.1, -0.05) is 79.4 Å². The Morgan fingerprint density at radius 2 is 1.55 bits per heavy atom. The van der Waals surface area contributed by atoms with E-state index >= 15 is 0 Å². The third kappa shape index (κ3) is 6.26.